The van der Waals surface area contributed by atoms with E-state index in [-0.39, 0.29) is 12.4 Å². The molecule has 17 heavy (non-hydrogen) atoms. The SMILES string of the molecule is CCCCCCCCCC[N+](C)(C)CCBr.[Cl-]. The van der Waals surface area contributed by atoms with Gasteiger partial charge in [-0.15, -0.1) is 0 Å². The Balaban J connectivity index is 0. The lowest BCUT2D eigenvalue weighted by Crippen LogP contribution is -3.00. The number of quaternary nitrogens is 1. The summed E-state index contributed by atoms with van der Waals surface area (Å²) in [4.78, 5) is 0. The number of halogens is 2. The summed E-state index contributed by atoms with van der Waals surface area (Å²) in [7, 11) is 4.67. The molecule has 0 bridgehead atoms. The minimum absolute atomic E-state index is 0. The molecular formula is C14H31BrClN. The van der Waals surface area contributed by atoms with Gasteiger partial charge in [-0.1, -0.05) is 61.4 Å². The summed E-state index contributed by atoms with van der Waals surface area (Å²) in [5.74, 6) is 0. The minimum Gasteiger partial charge on any atom is -1.00 e. The molecule has 0 rings (SSSR count). The molecule has 0 aliphatic carbocycles. The van der Waals surface area contributed by atoms with Crippen LogP contribution in [0.5, 0.6) is 0 Å². The fourth-order valence-electron chi connectivity index (χ4n) is 2.01. The van der Waals surface area contributed by atoms with E-state index >= 15 is 0 Å². The van der Waals surface area contributed by atoms with Gasteiger partial charge >= 0.3 is 0 Å². The zero-order valence-electron chi connectivity index (χ0n) is 12.0. The molecule has 3 heteroatoms. The lowest BCUT2D eigenvalue weighted by Gasteiger charge is -2.29. The Morgan fingerprint density at radius 1 is 0.765 bits per heavy atom. The van der Waals surface area contributed by atoms with Crippen molar-refractivity contribution in [3.63, 3.8) is 0 Å². The zero-order valence-corrected chi connectivity index (χ0v) is 14.3. The molecular weight excluding hydrogens is 298 g/mol. The largest absolute Gasteiger partial charge is 1.00 e. The minimum atomic E-state index is 0. The Morgan fingerprint density at radius 3 is 1.71 bits per heavy atom. The second kappa shape index (κ2) is 13.2. The summed E-state index contributed by atoms with van der Waals surface area (Å²) >= 11 is 3.53. The molecule has 0 aliphatic rings. The van der Waals surface area contributed by atoms with Crippen LogP contribution in [0.1, 0.15) is 58.3 Å². The molecule has 0 aliphatic heterocycles. The second-order valence-electron chi connectivity index (χ2n) is 5.55. The van der Waals surface area contributed by atoms with Crippen molar-refractivity contribution in [1.82, 2.24) is 0 Å². The summed E-state index contributed by atoms with van der Waals surface area (Å²) in [5, 5.41) is 1.12. The maximum Gasteiger partial charge on any atom is 0.0880 e. The third kappa shape index (κ3) is 14.7. The third-order valence-electron chi connectivity index (χ3n) is 3.31. The average Bonchev–Trinajstić information content (AvgIpc) is 2.22. The first-order valence-electron chi connectivity index (χ1n) is 7.00. The Labute approximate surface area is 123 Å². The standard InChI is InChI=1S/C14H31BrN.ClH/c1-4-5-6-7-8-9-10-11-13-16(2,3)14-12-15;/h4-14H2,1-3H3;1H/q+1;/p-1. The van der Waals surface area contributed by atoms with E-state index in [9.17, 15) is 0 Å². The molecule has 0 spiro atoms. The van der Waals surface area contributed by atoms with Crippen molar-refractivity contribution in [1.29, 1.82) is 0 Å². The molecule has 0 atom stereocenters. The number of rotatable bonds is 11. The van der Waals surface area contributed by atoms with E-state index in [1.165, 1.54) is 68.9 Å². The Bertz CT molecular complexity index is 151. The molecule has 0 radical (unpaired) electrons. The highest BCUT2D eigenvalue weighted by molar-refractivity contribution is 9.09. The maximum absolute atomic E-state index is 3.53. The highest BCUT2D eigenvalue weighted by Crippen LogP contribution is 2.10. The Hall–Kier alpha value is 0.730. The smallest absolute Gasteiger partial charge is 0.0880 e. The Kier molecular flexibility index (Phi) is 15.5. The van der Waals surface area contributed by atoms with Gasteiger partial charge in [-0.25, -0.2) is 0 Å². The first-order valence-corrected chi connectivity index (χ1v) is 8.12. The Morgan fingerprint density at radius 2 is 1.24 bits per heavy atom. The van der Waals surface area contributed by atoms with Gasteiger partial charge in [-0.3, -0.25) is 0 Å². The number of hydrogen-bond acceptors (Lipinski definition) is 0. The van der Waals surface area contributed by atoms with Gasteiger partial charge in [0.2, 0.25) is 0 Å². The van der Waals surface area contributed by atoms with E-state index in [4.69, 9.17) is 0 Å². The van der Waals surface area contributed by atoms with Crippen LogP contribution in [0.4, 0.5) is 0 Å². The van der Waals surface area contributed by atoms with Crippen LogP contribution < -0.4 is 12.4 Å². The summed E-state index contributed by atoms with van der Waals surface area (Å²) in [6.07, 6.45) is 11.4. The molecule has 0 aromatic rings. The average molecular weight is 329 g/mol. The van der Waals surface area contributed by atoms with Gasteiger partial charge in [0.05, 0.1) is 32.5 Å². The van der Waals surface area contributed by atoms with E-state index in [1.807, 2.05) is 0 Å². The molecule has 0 N–H and O–H groups in total. The lowest BCUT2D eigenvalue weighted by molar-refractivity contribution is -0.887. The fraction of sp³-hybridized carbons (Fsp3) is 1.00. The number of hydrogen-bond donors (Lipinski definition) is 0. The molecule has 0 saturated heterocycles. The van der Waals surface area contributed by atoms with Crippen LogP contribution in [-0.4, -0.2) is 37.0 Å². The number of unbranched alkanes of at least 4 members (excludes halogenated alkanes) is 7. The van der Waals surface area contributed by atoms with Gasteiger partial charge in [-0.05, 0) is 12.8 Å². The molecule has 0 fully saturated rings. The quantitative estimate of drug-likeness (QED) is 0.307. The van der Waals surface area contributed by atoms with E-state index < -0.39 is 0 Å². The first kappa shape index (κ1) is 20.1. The predicted octanol–water partition coefficient (Wildman–Crippen LogP) is 1.60. The van der Waals surface area contributed by atoms with Crippen molar-refractivity contribution in [2.24, 2.45) is 0 Å². The molecule has 1 nitrogen and oxygen atoms in total. The van der Waals surface area contributed by atoms with Crippen LogP contribution >= 0.6 is 15.9 Å². The van der Waals surface area contributed by atoms with Crippen molar-refractivity contribution in [3.05, 3.63) is 0 Å². The van der Waals surface area contributed by atoms with Gasteiger partial charge in [0.1, 0.15) is 0 Å². The molecule has 106 valence electrons. The summed E-state index contributed by atoms with van der Waals surface area (Å²) in [6, 6.07) is 0. The molecule has 0 aromatic heterocycles. The third-order valence-corrected chi connectivity index (χ3v) is 3.66. The molecule has 0 heterocycles. The van der Waals surface area contributed by atoms with Gasteiger partial charge in [0, 0.05) is 0 Å². The lowest BCUT2D eigenvalue weighted by atomic mass is 10.1. The van der Waals surface area contributed by atoms with E-state index in [2.05, 4.69) is 36.9 Å². The van der Waals surface area contributed by atoms with E-state index in [1.54, 1.807) is 0 Å². The van der Waals surface area contributed by atoms with Gasteiger partial charge in [-0.2, -0.15) is 0 Å². The topological polar surface area (TPSA) is 0 Å². The molecule has 0 saturated carbocycles. The predicted molar refractivity (Wildman–Crippen MR) is 78.2 cm³/mol. The summed E-state index contributed by atoms with van der Waals surface area (Å²) in [6.45, 7) is 4.86. The zero-order chi connectivity index (χ0) is 12.3. The van der Waals surface area contributed by atoms with E-state index in [0.717, 1.165) is 5.33 Å². The first-order chi connectivity index (χ1) is 7.62. The van der Waals surface area contributed by atoms with Crippen LogP contribution in [0, 0.1) is 0 Å². The number of alkyl halides is 1. The van der Waals surface area contributed by atoms with Gasteiger partial charge in [0.25, 0.3) is 0 Å². The van der Waals surface area contributed by atoms with Crippen LogP contribution in [0.3, 0.4) is 0 Å². The fourth-order valence-corrected chi connectivity index (χ4v) is 2.97. The van der Waals surface area contributed by atoms with Crippen LogP contribution in [-0.2, 0) is 0 Å². The highest BCUT2D eigenvalue weighted by Gasteiger charge is 2.12. The van der Waals surface area contributed by atoms with E-state index in [0.29, 0.717) is 0 Å². The van der Waals surface area contributed by atoms with Crippen molar-refractivity contribution in [2.75, 3.05) is 32.5 Å². The number of nitrogens with zero attached hydrogens (tertiary/aromatic N) is 1. The molecule has 0 aromatic carbocycles. The maximum atomic E-state index is 3.53. The second-order valence-corrected chi connectivity index (χ2v) is 6.34. The molecule has 0 unspecified atom stereocenters. The summed E-state index contributed by atoms with van der Waals surface area (Å²) < 4.78 is 1.17. The van der Waals surface area contributed by atoms with Crippen molar-refractivity contribution < 1.29 is 16.9 Å². The molecule has 0 amide bonds. The van der Waals surface area contributed by atoms with Gasteiger partial charge < -0.3 is 16.9 Å². The van der Waals surface area contributed by atoms with Crippen LogP contribution in [0.15, 0.2) is 0 Å². The van der Waals surface area contributed by atoms with Crippen molar-refractivity contribution >= 4 is 15.9 Å². The normalized spacial score (nSPS) is 11.3. The highest BCUT2D eigenvalue weighted by atomic mass is 79.9. The van der Waals surface area contributed by atoms with Gasteiger partial charge in [0.15, 0.2) is 0 Å². The summed E-state index contributed by atoms with van der Waals surface area (Å²) in [5.41, 5.74) is 0. The van der Waals surface area contributed by atoms with Crippen molar-refractivity contribution in [3.8, 4) is 0 Å². The van der Waals surface area contributed by atoms with Crippen LogP contribution in [0.2, 0.25) is 0 Å². The van der Waals surface area contributed by atoms with Crippen LogP contribution in [0.25, 0.3) is 0 Å². The monoisotopic (exact) mass is 327 g/mol. The van der Waals surface area contributed by atoms with Crippen molar-refractivity contribution in [2.45, 2.75) is 58.3 Å².